The van der Waals surface area contributed by atoms with Crippen LogP contribution in [-0.4, -0.2) is 84.2 Å². The van der Waals surface area contributed by atoms with Crippen LogP contribution in [0.25, 0.3) is 6.08 Å². The zero-order valence-electron chi connectivity index (χ0n) is 21.3. The number of likely N-dealkylation sites (N-methyl/N-ethyl adjacent to an activating group) is 1. The second-order valence-electron chi connectivity index (χ2n) is 9.97. The van der Waals surface area contributed by atoms with Crippen LogP contribution >= 0.6 is 0 Å². The molecule has 1 fully saturated rings. The Morgan fingerprint density at radius 2 is 1.94 bits per heavy atom. The first-order valence-electron chi connectivity index (χ1n) is 12.9. The molecular formula is C29H38N4O3. The lowest BCUT2D eigenvalue weighted by molar-refractivity contribution is -0.127. The molecule has 192 valence electrons. The Labute approximate surface area is 214 Å². The minimum absolute atomic E-state index is 0.000777. The van der Waals surface area contributed by atoms with Crippen molar-refractivity contribution < 1.29 is 15.0 Å². The van der Waals surface area contributed by atoms with Crippen LogP contribution in [0.2, 0.25) is 0 Å². The Morgan fingerprint density at radius 3 is 2.58 bits per heavy atom. The lowest BCUT2D eigenvalue weighted by atomic mass is 9.85. The molecule has 0 saturated carbocycles. The van der Waals surface area contributed by atoms with Crippen LogP contribution in [0.1, 0.15) is 30.9 Å². The molecule has 0 aliphatic carbocycles. The average molecular weight is 491 g/mol. The van der Waals surface area contributed by atoms with Crippen LogP contribution in [0.4, 0.5) is 5.69 Å². The van der Waals surface area contributed by atoms with Crippen molar-refractivity contribution in [1.82, 2.24) is 9.80 Å². The van der Waals surface area contributed by atoms with Gasteiger partial charge in [0.1, 0.15) is 5.75 Å². The van der Waals surface area contributed by atoms with Crippen LogP contribution < -0.4 is 4.90 Å². The fraction of sp³-hybridized carbons (Fsp3) is 0.448. The lowest BCUT2D eigenvalue weighted by Gasteiger charge is -2.40. The number of carbonyl (C=O) groups is 1. The smallest absolute Gasteiger partial charge is 0.246 e. The van der Waals surface area contributed by atoms with Crippen LogP contribution in [0.5, 0.6) is 5.75 Å². The quantitative estimate of drug-likeness (QED) is 0.527. The fourth-order valence-corrected chi connectivity index (χ4v) is 5.26. The van der Waals surface area contributed by atoms with E-state index in [9.17, 15) is 15.0 Å². The number of aromatic hydroxyl groups is 1. The third-order valence-electron chi connectivity index (χ3n) is 7.35. The molecule has 2 atom stereocenters. The molecule has 7 nitrogen and oxygen atoms in total. The van der Waals surface area contributed by atoms with Gasteiger partial charge in [-0.15, -0.1) is 0 Å². The fourth-order valence-electron chi connectivity index (χ4n) is 5.26. The maximum Gasteiger partial charge on any atom is 0.246 e. The number of anilines is 1. The number of phenols is 1. The predicted molar refractivity (Wildman–Crippen MR) is 145 cm³/mol. The number of hydrogen-bond donors (Lipinski definition) is 2. The molecule has 2 aliphatic rings. The number of piperidine rings is 1. The molecule has 2 heterocycles. The summed E-state index contributed by atoms with van der Waals surface area (Å²) >= 11 is 0. The van der Waals surface area contributed by atoms with E-state index in [1.54, 1.807) is 24.6 Å². The zero-order chi connectivity index (χ0) is 25.5. The SMILES string of the molecule is CC1CN(c2ccc(/C=C/C(=O)N3CCC(C(Cc4ccccc4)N(C)CCO)CC3)cc2O)C=N1. The molecule has 4 rings (SSSR count). The van der Waals surface area contributed by atoms with Gasteiger partial charge in [0.05, 0.1) is 24.7 Å². The number of likely N-dealkylation sites (tertiary alicyclic amines) is 1. The molecule has 36 heavy (non-hydrogen) atoms. The molecule has 0 radical (unpaired) electrons. The van der Waals surface area contributed by atoms with Crippen molar-refractivity contribution in [3.8, 4) is 5.75 Å². The van der Waals surface area contributed by atoms with Gasteiger partial charge in [-0.3, -0.25) is 9.79 Å². The van der Waals surface area contributed by atoms with Gasteiger partial charge in [-0.1, -0.05) is 36.4 Å². The zero-order valence-corrected chi connectivity index (χ0v) is 21.3. The van der Waals surface area contributed by atoms with Gasteiger partial charge in [0.15, 0.2) is 0 Å². The Kier molecular flexibility index (Phi) is 8.78. The Bertz CT molecular complexity index is 1060. The van der Waals surface area contributed by atoms with E-state index in [0.29, 0.717) is 18.5 Å². The molecule has 0 spiro atoms. The average Bonchev–Trinajstić information content (AvgIpc) is 3.32. The van der Waals surface area contributed by atoms with Gasteiger partial charge in [0, 0.05) is 38.3 Å². The number of rotatable bonds is 9. The lowest BCUT2D eigenvalue weighted by Crippen LogP contribution is -2.47. The molecular weight excluding hydrogens is 452 g/mol. The van der Waals surface area contributed by atoms with Gasteiger partial charge in [0.25, 0.3) is 0 Å². The predicted octanol–water partition coefficient (Wildman–Crippen LogP) is 3.42. The van der Waals surface area contributed by atoms with Crippen molar-refractivity contribution in [2.24, 2.45) is 10.9 Å². The molecule has 7 heteroatoms. The summed E-state index contributed by atoms with van der Waals surface area (Å²) in [5.41, 5.74) is 2.82. The molecule has 2 aromatic carbocycles. The number of carbonyl (C=O) groups excluding carboxylic acids is 1. The summed E-state index contributed by atoms with van der Waals surface area (Å²) in [7, 11) is 2.09. The van der Waals surface area contributed by atoms with E-state index >= 15 is 0 Å². The molecule has 1 saturated heterocycles. The third kappa shape index (κ3) is 6.53. The summed E-state index contributed by atoms with van der Waals surface area (Å²) in [4.78, 5) is 23.3. The highest BCUT2D eigenvalue weighted by atomic mass is 16.3. The first kappa shape index (κ1) is 25.9. The number of amides is 1. The van der Waals surface area contributed by atoms with Crippen molar-refractivity contribution in [3.63, 3.8) is 0 Å². The van der Waals surface area contributed by atoms with Gasteiger partial charge in [0.2, 0.25) is 5.91 Å². The molecule has 2 aliphatic heterocycles. The van der Waals surface area contributed by atoms with E-state index in [0.717, 1.165) is 50.1 Å². The van der Waals surface area contributed by atoms with Crippen molar-refractivity contribution in [1.29, 1.82) is 0 Å². The molecule has 2 N–H and O–H groups in total. The molecule has 2 aromatic rings. The number of phenolic OH excluding ortho intramolecular Hbond substituents is 1. The van der Waals surface area contributed by atoms with E-state index in [4.69, 9.17) is 0 Å². The van der Waals surface area contributed by atoms with Gasteiger partial charge in [-0.05, 0) is 68.5 Å². The van der Waals surface area contributed by atoms with Gasteiger partial charge < -0.3 is 24.9 Å². The Balaban J connectivity index is 1.33. The number of nitrogens with zero attached hydrogens (tertiary/aromatic N) is 4. The van der Waals surface area contributed by atoms with E-state index in [1.165, 1.54) is 5.56 Å². The highest BCUT2D eigenvalue weighted by Crippen LogP contribution is 2.30. The largest absolute Gasteiger partial charge is 0.506 e. The molecule has 0 bridgehead atoms. The monoisotopic (exact) mass is 490 g/mol. The maximum absolute atomic E-state index is 12.9. The number of aliphatic hydroxyl groups is 1. The minimum Gasteiger partial charge on any atom is -0.506 e. The van der Waals surface area contributed by atoms with Crippen molar-refractivity contribution in [2.75, 3.05) is 44.7 Å². The maximum atomic E-state index is 12.9. The third-order valence-corrected chi connectivity index (χ3v) is 7.35. The van der Waals surface area contributed by atoms with Gasteiger partial charge >= 0.3 is 0 Å². The summed E-state index contributed by atoms with van der Waals surface area (Å²) < 4.78 is 0. The topological polar surface area (TPSA) is 79.6 Å². The van der Waals surface area contributed by atoms with Crippen LogP contribution in [0.3, 0.4) is 0 Å². The van der Waals surface area contributed by atoms with E-state index < -0.39 is 0 Å². The normalized spacial score (nSPS) is 19.5. The summed E-state index contributed by atoms with van der Waals surface area (Å²) in [5.74, 6) is 0.652. The summed E-state index contributed by atoms with van der Waals surface area (Å²) in [6.07, 6.45) is 7.96. The van der Waals surface area contributed by atoms with E-state index in [1.807, 2.05) is 34.9 Å². The summed E-state index contributed by atoms with van der Waals surface area (Å²) in [6, 6.07) is 16.5. The van der Waals surface area contributed by atoms with Crippen LogP contribution in [0, 0.1) is 5.92 Å². The van der Waals surface area contributed by atoms with E-state index in [2.05, 4.69) is 41.2 Å². The van der Waals surface area contributed by atoms with Crippen molar-refractivity contribution in [2.45, 2.75) is 38.3 Å². The number of aliphatic imine (C=N–C) groups is 1. The second kappa shape index (κ2) is 12.2. The highest BCUT2D eigenvalue weighted by molar-refractivity contribution is 5.92. The summed E-state index contributed by atoms with van der Waals surface area (Å²) in [5, 5.41) is 20.0. The highest BCUT2D eigenvalue weighted by Gasteiger charge is 2.30. The second-order valence-corrected chi connectivity index (χ2v) is 9.97. The molecule has 1 amide bonds. The standard InChI is InChI=1S/C29H38N4O3/c1-22-20-33(21-30-22)26-10-8-24(19-28(26)35)9-11-29(36)32-14-12-25(13-15-32)27(31(2)16-17-34)18-23-6-4-3-5-7-23/h3-11,19,21-22,25,27,34-35H,12-18,20H2,1-2H3/b11-9+. The summed E-state index contributed by atoms with van der Waals surface area (Å²) in [6.45, 7) is 5.03. The van der Waals surface area contributed by atoms with Crippen LogP contribution in [0.15, 0.2) is 59.6 Å². The Morgan fingerprint density at radius 1 is 1.19 bits per heavy atom. The van der Waals surface area contributed by atoms with E-state index in [-0.39, 0.29) is 24.3 Å². The van der Waals surface area contributed by atoms with Gasteiger partial charge in [-0.25, -0.2) is 0 Å². The molecule has 0 aromatic heterocycles. The first-order valence-corrected chi connectivity index (χ1v) is 12.9. The number of benzene rings is 2. The number of hydrogen-bond acceptors (Lipinski definition) is 6. The Hall–Kier alpha value is -3.16. The van der Waals surface area contributed by atoms with Crippen molar-refractivity contribution >= 4 is 24.0 Å². The molecule has 2 unspecified atom stereocenters. The van der Waals surface area contributed by atoms with Crippen molar-refractivity contribution in [3.05, 3.63) is 65.7 Å². The van der Waals surface area contributed by atoms with Gasteiger partial charge in [-0.2, -0.15) is 0 Å². The minimum atomic E-state index is 0.000777. The first-order chi connectivity index (χ1) is 17.4. The number of aliphatic hydroxyl groups excluding tert-OH is 1. The van der Waals surface area contributed by atoms with Crippen LogP contribution in [-0.2, 0) is 11.2 Å².